The smallest absolute Gasteiger partial charge is 0.242 e. The largest absolute Gasteiger partial charge is 0.381 e. The van der Waals surface area contributed by atoms with Crippen molar-refractivity contribution in [2.45, 2.75) is 24.7 Å². The average molecular weight is 308 g/mol. The number of nitrogens with zero attached hydrogens (tertiary/aromatic N) is 2. The van der Waals surface area contributed by atoms with Crippen molar-refractivity contribution in [2.75, 3.05) is 26.8 Å². The minimum atomic E-state index is -3.52. The van der Waals surface area contributed by atoms with Crippen LogP contribution < -0.4 is 0 Å². The Morgan fingerprint density at radius 2 is 2.24 bits per heavy atom. The summed E-state index contributed by atoms with van der Waals surface area (Å²) in [7, 11) is -1.92. The molecule has 0 spiro atoms. The van der Waals surface area contributed by atoms with Gasteiger partial charge in [-0.15, -0.1) is 0 Å². The third kappa shape index (κ3) is 3.62. The SMILES string of the molecule is Cc1cc(S(=O)(=O)N(C)CC2CCCOC2)ccc1C#N. The van der Waals surface area contributed by atoms with Gasteiger partial charge in [0, 0.05) is 20.2 Å². The molecule has 0 amide bonds. The molecule has 1 heterocycles. The van der Waals surface area contributed by atoms with E-state index in [0.29, 0.717) is 24.3 Å². The van der Waals surface area contributed by atoms with Gasteiger partial charge < -0.3 is 4.74 Å². The van der Waals surface area contributed by atoms with Gasteiger partial charge in [-0.25, -0.2) is 12.7 Å². The van der Waals surface area contributed by atoms with Gasteiger partial charge in [0.2, 0.25) is 10.0 Å². The number of aryl methyl sites for hydroxylation is 1. The fourth-order valence-corrected chi connectivity index (χ4v) is 3.85. The number of benzene rings is 1. The zero-order chi connectivity index (χ0) is 15.5. The highest BCUT2D eigenvalue weighted by atomic mass is 32.2. The average Bonchev–Trinajstić information content (AvgIpc) is 2.48. The number of rotatable bonds is 4. The summed E-state index contributed by atoms with van der Waals surface area (Å²) in [6.07, 6.45) is 1.97. The molecular weight excluding hydrogens is 288 g/mol. The van der Waals surface area contributed by atoms with E-state index in [1.54, 1.807) is 26.1 Å². The van der Waals surface area contributed by atoms with Gasteiger partial charge in [0.05, 0.1) is 23.1 Å². The van der Waals surface area contributed by atoms with E-state index < -0.39 is 10.0 Å². The van der Waals surface area contributed by atoms with Crippen molar-refractivity contribution in [2.24, 2.45) is 5.92 Å². The van der Waals surface area contributed by atoms with Crippen molar-refractivity contribution in [1.29, 1.82) is 5.26 Å². The zero-order valence-corrected chi connectivity index (χ0v) is 13.2. The predicted molar refractivity (Wildman–Crippen MR) is 79.3 cm³/mol. The molecule has 1 aliphatic heterocycles. The molecule has 0 bridgehead atoms. The standard InChI is InChI=1S/C15H20N2O3S/c1-12-8-15(6-5-14(12)9-16)21(18,19)17(2)10-13-4-3-7-20-11-13/h5-6,8,13H,3-4,7,10-11H2,1-2H3. The monoisotopic (exact) mass is 308 g/mol. The molecule has 5 nitrogen and oxygen atoms in total. The second-order valence-corrected chi connectivity index (χ2v) is 7.50. The highest BCUT2D eigenvalue weighted by molar-refractivity contribution is 7.89. The van der Waals surface area contributed by atoms with Crippen molar-refractivity contribution in [3.05, 3.63) is 29.3 Å². The summed E-state index contributed by atoms with van der Waals surface area (Å²) in [6, 6.07) is 6.65. The molecule has 0 aromatic heterocycles. The van der Waals surface area contributed by atoms with E-state index in [1.165, 1.54) is 10.4 Å². The van der Waals surface area contributed by atoms with E-state index in [4.69, 9.17) is 10.00 Å². The lowest BCUT2D eigenvalue weighted by Gasteiger charge is -2.26. The molecule has 1 aliphatic rings. The van der Waals surface area contributed by atoms with Gasteiger partial charge in [-0.3, -0.25) is 0 Å². The normalized spacial score (nSPS) is 19.4. The fourth-order valence-electron chi connectivity index (χ4n) is 2.52. The highest BCUT2D eigenvalue weighted by Crippen LogP contribution is 2.21. The minimum absolute atomic E-state index is 0.234. The molecule has 2 rings (SSSR count). The van der Waals surface area contributed by atoms with Crippen LogP contribution >= 0.6 is 0 Å². The van der Waals surface area contributed by atoms with Crippen LogP contribution in [0, 0.1) is 24.2 Å². The van der Waals surface area contributed by atoms with E-state index in [-0.39, 0.29) is 10.8 Å². The van der Waals surface area contributed by atoms with Gasteiger partial charge in [0.25, 0.3) is 0 Å². The van der Waals surface area contributed by atoms with E-state index in [0.717, 1.165) is 19.4 Å². The predicted octanol–water partition coefficient (Wildman–Crippen LogP) is 1.91. The van der Waals surface area contributed by atoms with Crippen LogP contribution in [0.2, 0.25) is 0 Å². The summed E-state index contributed by atoms with van der Waals surface area (Å²) < 4.78 is 31.9. The van der Waals surface area contributed by atoms with E-state index in [1.807, 2.05) is 6.07 Å². The molecule has 1 saturated heterocycles. The van der Waals surface area contributed by atoms with E-state index in [9.17, 15) is 8.42 Å². The summed E-state index contributed by atoms with van der Waals surface area (Å²) in [4.78, 5) is 0.234. The molecule has 114 valence electrons. The van der Waals surface area contributed by atoms with Gasteiger partial charge >= 0.3 is 0 Å². The lowest BCUT2D eigenvalue weighted by Crippen LogP contribution is -2.35. The minimum Gasteiger partial charge on any atom is -0.381 e. The first-order chi connectivity index (χ1) is 9.95. The molecule has 21 heavy (non-hydrogen) atoms. The molecule has 1 aromatic carbocycles. The topological polar surface area (TPSA) is 70.4 Å². The Morgan fingerprint density at radius 1 is 1.48 bits per heavy atom. The van der Waals surface area contributed by atoms with Crippen LogP contribution in [0.25, 0.3) is 0 Å². The van der Waals surface area contributed by atoms with Crippen molar-refractivity contribution >= 4 is 10.0 Å². The van der Waals surface area contributed by atoms with Crippen molar-refractivity contribution in [3.8, 4) is 6.07 Å². The van der Waals surface area contributed by atoms with E-state index >= 15 is 0 Å². The summed E-state index contributed by atoms with van der Waals surface area (Å²) in [5.74, 6) is 0.248. The molecule has 1 aromatic rings. The summed E-state index contributed by atoms with van der Waals surface area (Å²) in [6.45, 7) is 3.59. The van der Waals surface area contributed by atoms with Gasteiger partial charge in [-0.05, 0) is 49.4 Å². The van der Waals surface area contributed by atoms with Crippen molar-refractivity contribution < 1.29 is 13.2 Å². The number of hydrogen-bond donors (Lipinski definition) is 0. The number of nitriles is 1. The number of ether oxygens (including phenoxy) is 1. The Morgan fingerprint density at radius 3 is 2.81 bits per heavy atom. The molecule has 0 radical (unpaired) electrons. The molecule has 6 heteroatoms. The first kappa shape index (κ1) is 16.0. The maximum Gasteiger partial charge on any atom is 0.242 e. The first-order valence-corrected chi connectivity index (χ1v) is 8.44. The summed E-state index contributed by atoms with van der Waals surface area (Å²) >= 11 is 0. The molecule has 1 unspecified atom stereocenters. The van der Waals surface area contributed by atoms with Crippen LogP contribution in [-0.4, -0.2) is 39.5 Å². The molecule has 0 aliphatic carbocycles. The zero-order valence-electron chi connectivity index (χ0n) is 12.4. The van der Waals surface area contributed by atoms with Gasteiger partial charge in [-0.1, -0.05) is 0 Å². The van der Waals surface area contributed by atoms with Crippen LogP contribution in [0.5, 0.6) is 0 Å². The lowest BCUT2D eigenvalue weighted by atomic mass is 10.0. The lowest BCUT2D eigenvalue weighted by molar-refractivity contribution is 0.0495. The van der Waals surface area contributed by atoms with Gasteiger partial charge in [-0.2, -0.15) is 5.26 Å². The Bertz CT molecular complexity index is 643. The molecule has 1 atom stereocenters. The van der Waals surface area contributed by atoms with Crippen molar-refractivity contribution in [3.63, 3.8) is 0 Å². The Kier molecular flexibility index (Phi) is 4.99. The maximum absolute atomic E-state index is 12.6. The van der Waals surface area contributed by atoms with Crippen LogP contribution in [0.3, 0.4) is 0 Å². The van der Waals surface area contributed by atoms with E-state index in [2.05, 4.69) is 0 Å². The Hall–Kier alpha value is -1.42. The first-order valence-electron chi connectivity index (χ1n) is 7.00. The molecule has 0 saturated carbocycles. The summed E-state index contributed by atoms with van der Waals surface area (Å²) in [5.41, 5.74) is 1.17. The van der Waals surface area contributed by atoms with Crippen LogP contribution in [0.15, 0.2) is 23.1 Å². The third-order valence-corrected chi connectivity index (χ3v) is 5.62. The molecule has 1 fully saturated rings. The van der Waals surface area contributed by atoms with Gasteiger partial charge in [0.1, 0.15) is 0 Å². The van der Waals surface area contributed by atoms with Crippen LogP contribution in [0.4, 0.5) is 0 Å². The molecular formula is C15H20N2O3S. The summed E-state index contributed by atoms with van der Waals surface area (Å²) in [5, 5.41) is 8.91. The van der Waals surface area contributed by atoms with Crippen molar-refractivity contribution in [1.82, 2.24) is 4.31 Å². The second-order valence-electron chi connectivity index (χ2n) is 5.46. The Balaban J connectivity index is 2.16. The Labute approximate surface area is 126 Å². The second kappa shape index (κ2) is 6.56. The highest BCUT2D eigenvalue weighted by Gasteiger charge is 2.25. The fraction of sp³-hybridized carbons (Fsp3) is 0.533. The van der Waals surface area contributed by atoms with Crippen LogP contribution in [-0.2, 0) is 14.8 Å². The third-order valence-electron chi connectivity index (χ3n) is 3.80. The van der Waals surface area contributed by atoms with Gasteiger partial charge in [0.15, 0.2) is 0 Å². The quantitative estimate of drug-likeness (QED) is 0.852. The van der Waals surface area contributed by atoms with Crippen LogP contribution in [0.1, 0.15) is 24.0 Å². The maximum atomic E-state index is 12.6. The molecule has 0 N–H and O–H groups in total. The number of sulfonamides is 1. The number of hydrogen-bond acceptors (Lipinski definition) is 4.